The van der Waals surface area contributed by atoms with Crippen LogP contribution < -0.4 is 4.90 Å². The topological polar surface area (TPSA) is 36.4 Å². The first-order valence-electron chi connectivity index (χ1n) is 4.66. The molecule has 0 saturated carbocycles. The molecule has 0 spiro atoms. The van der Waals surface area contributed by atoms with Crippen molar-refractivity contribution in [2.75, 3.05) is 18.0 Å². The zero-order chi connectivity index (χ0) is 10.2. The van der Waals surface area contributed by atoms with Crippen LogP contribution in [-0.4, -0.2) is 28.8 Å². The second-order valence-corrected chi connectivity index (χ2v) is 3.98. The summed E-state index contributed by atoms with van der Waals surface area (Å²) in [4.78, 5) is 5.74. The molecule has 1 atom stereocenters. The predicted octanol–water partition coefficient (Wildman–Crippen LogP) is 1.18. The summed E-state index contributed by atoms with van der Waals surface area (Å²) in [5.41, 5.74) is -0.718. The fraction of sp³-hybridized carbons (Fsp3) is 0.500. The summed E-state index contributed by atoms with van der Waals surface area (Å²) < 4.78 is 13.3. The van der Waals surface area contributed by atoms with Crippen LogP contribution in [0.2, 0.25) is 0 Å². The highest BCUT2D eigenvalue weighted by Crippen LogP contribution is 2.26. The number of anilines is 1. The fourth-order valence-electron chi connectivity index (χ4n) is 1.74. The first-order valence-corrected chi connectivity index (χ1v) is 4.66. The minimum absolute atomic E-state index is 0.329. The Labute approximate surface area is 82.2 Å². The van der Waals surface area contributed by atoms with Gasteiger partial charge in [-0.1, -0.05) is 0 Å². The molecule has 76 valence electrons. The maximum atomic E-state index is 13.3. The smallest absolute Gasteiger partial charge is 0.165 e. The number of hydrogen-bond donors (Lipinski definition) is 1. The van der Waals surface area contributed by atoms with Crippen LogP contribution in [0.4, 0.5) is 10.2 Å². The van der Waals surface area contributed by atoms with Gasteiger partial charge < -0.3 is 10.0 Å². The third-order valence-corrected chi connectivity index (χ3v) is 2.49. The van der Waals surface area contributed by atoms with E-state index in [2.05, 4.69) is 4.98 Å². The predicted molar refractivity (Wildman–Crippen MR) is 51.6 cm³/mol. The molecule has 0 bridgehead atoms. The molecule has 2 rings (SSSR count). The summed E-state index contributed by atoms with van der Waals surface area (Å²) in [5, 5.41) is 9.73. The van der Waals surface area contributed by atoms with Gasteiger partial charge in [-0.15, -0.1) is 0 Å². The van der Waals surface area contributed by atoms with Crippen LogP contribution in [0.15, 0.2) is 18.3 Å². The summed E-state index contributed by atoms with van der Waals surface area (Å²) in [6.45, 7) is 2.86. The molecule has 1 fully saturated rings. The number of aromatic nitrogens is 1. The van der Waals surface area contributed by atoms with Gasteiger partial charge in [-0.25, -0.2) is 9.37 Å². The average molecular weight is 196 g/mol. The minimum Gasteiger partial charge on any atom is -0.388 e. The van der Waals surface area contributed by atoms with Crippen molar-refractivity contribution in [2.45, 2.75) is 18.9 Å². The van der Waals surface area contributed by atoms with Gasteiger partial charge in [0.05, 0.1) is 5.60 Å². The Hall–Kier alpha value is -1.16. The van der Waals surface area contributed by atoms with E-state index in [0.717, 1.165) is 0 Å². The lowest BCUT2D eigenvalue weighted by atomic mass is 10.1. The van der Waals surface area contributed by atoms with Crippen LogP contribution >= 0.6 is 0 Å². The number of nitrogens with zero attached hydrogens (tertiary/aromatic N) is 2. The van der Waals surface area contributed by atoms with Crippen LogP contribution in [-0.2, 0) is 0 Å². The van der Waals surface area contributed by atoms with Crippen molar-refractivity contribution in [2.24, 2.45) is 0 Å². The molecule has 2 heterocycles. The Morgan fingerprint density at radius 1 is 1.64 bits per heavy atom. The maximum Gasteiger partial charge on any atom is 0.165 e. The highest BCUT2D eigenvalue weighted by atomic mass is 19.1. The van der Waals surface area contributed by atoms with Crippen molar-refractivity contribution in [1.82, 2.24) is 4.98 Å². The number of pyridine rings is 1. The summed E-state index contributed by atoms with van der Waals surface area (Å²) >= 11 is 0. The second-order valence-electron chi connectivity index (χ2n) is 3.98. The van der Waals surface area contributed by atoms with Crippen LogP contribution in [0.1, 0.15) is 13.3 Å². The Bertz CT molecular complexity index is 341. The van der Waals surface area contributed by atoms with Crippen LogP contribution in [0, 0.1) is 5.82 Å². The summed E-state index contributed by atoms with van der Waals surface area (Å²) in [5.74, 6) is 0.00970. The number of aliphatic hydroxyl groups is 1. The quantitative estimate of drug-likeness (QED) is 0.732. The van der Waals surface area contributed by atoms with Gasteiger partial charge in [0, 0.05) is 19.3 Å². The van der Waals surface area contributed by atoms with Gasteiger partial charge in [0.2, 0.25) is 0 Å². The maximum absolute atomic E-state index is 13.3. The molecule has 14 heavy (non-hydrogen) atoms. The molecule has 0 radical (unpaired) electrons. The first kappa shape index (κ1) is 9.40. The molecular weight excluding hydrogens is 183 g/mol. The highest BCUT2D eigenvalue weighted by molar-refractivity contribution is 5.41. The van der Waals surface area contributed by atoms with Crippen molar-refractivity contribution in [1.29, 1.82) is 0 Å². The molecule has 1 aliphatic rings. The van der Waals surface area contributed by atoms with E-state index < -0.39 is 5.60 Å². The van der Waals surface area contributed by atoms with Gasteiger partial charge in [0.15, 0.2) is 11.6 Å². The normalized spacial score (nSPS) is 26.9. The van der Waals surface area contributed by atoms with E-state index >= 15 is 0 Å². The van der Waals surface area contributed by atoms with Crippen molar-refractivity contribution in [3.8, 4) is 0 Å². The van der Waals surface area contributed by atoms with E-state index in [1.807, 2.05) is 0 Å². The molecule has 0 amide bonds. The third kappa shape index (κ3) is 1.70. The zero-order valence-electron chi connectivity index (χ0n) is 8.07. The molecule has 1 aromatic heterocycles. The molecular formula is C10H13FN2O. The standard InChI is InChI=1S/C10H13FN2O/c1-10(14)4-6-13(7-10)9-8(11)3-2-5-12-9/h2-3,5,14H,4,6-7H2,1H3. The van der Waals surface area contributed by atoms with Gasteiger partial charge >= 0.3 is 0 Å². The highest BCUT2D eigenvalue weighted by Gasteiger charge is 2.32. The molecule has 1 aromatic rings. The van der Waals surface area contributed by atoms with Crippen molar-refractivity contribution < 1.29 is 9.50 Å². The zero-order valence-corrected chi connectivity index (χ0v) is 8.07. The summed E-state index contributed by atoms with van der Waals surface area (Å²) in [7, 11) is 0. The Morgan fingerprint density at radius 3 is 3.00 bits per heavy atom. The lowest BCUT2D eigenvalue weighted by Gasteiger charge is -2.19. The van der Waals surface area contributed by atoms with Gasteiger partial charge in [-0.3, -0.25) is 0 Å². The van der Waals surface area contributed by atoms with Crippen LogP contribution in [0.5, 0.6) is 0 Å². The molecule has 1 N–H and O–H groups in total. The van der Waals surface area contributed by atoms with E-state index in [1.54, 1.807) is 24.1 Å². The second kappa shape index (κ2) is 3.20. The monoisotopic (exact) mass is 196 g/mol. The lowest BCUT2D eigenvalue weighted by Crippen LogP contribution is -2.30. The van der Waals surface area contributed by atoms with Crippen molar-refractivity contribution >= 4 is 5.82 Å². The average Bonchev–Trinajstić information content (AvgIpc) is 2.47. The number of rotatable bonds is 1. The molecule has 1 saturated heterocycles. The van der Waals surface area contributed by atoms with Gasteiger partial charge in [0.25, 0.3) is 0 Å². The molecule has 0 aliphatic carbocycles. The van der Waals surface area contributed by atoms with E-state index in [9.17, 15) is 9.50 Å². The summed E-state index contributed by atoms with van der Waals surface area (Å²) in [6.07, 6.45) is 2.22. The lowest BCUT2D eigenvalue weighted by molar-refractivity contribution is 0.0838. The molecule has 0 aromatic carbocycles. The van der Waals surface area contributed by atoms with Crippen molar-refractivity contribution in [3.05, 3.63) is 24.1 Å². The van der Waals surface area contributed by atoms with Gasteiger partial charge in [0.1, 0.15) is 0 Å². The number of β-amino-alcohol motifs (C(OH)–C–C–N with tert-alkyl or cyclic N) is 1. The SMILES string of the molecule is CC1(O)CCN(c2ncccc2F)C1. The Kier molecular flexibility index (Phi) is 2.15. The molecule has 3 nitrogen and oxygen atoms in total. The van der Waals surface area contributed by atoms with Gasteiger partial charge in [-0.05, 0) is 25.5 Å². The number of hydrogen-bond acceptors (Lipinski definition) is 3. The third-order valence-electron chi connectivity index (χ3n) is 2.49. The Morgan fingerprint density at radius 2 is 2.43 bits per heavy atom. The fourth-order valence-corrected chi connectivity index (χ4v) is 1.74. The number of halogens is 1. The van der Waals surface area contributed by atoms with Gasteiger partial charge in [-0.2, -0.15) is 0 Å². The van der Waals surface area contributed by atoms with E-state index in [1.165, 1.54) is 6.07 Å². The van der Waals surface area contributed by atoms with E-state index in [4.69, 9.17) is 0 Å². The molecule has 1 aliphatic heterocycles. The van der Waals surface area contributed by atoms with Crippen LogP contribution in [0.3, 0.4) is 0 Å². The van der Waals surface area contributed by atoms with E-state index in [-0.39, 0.29) is 5.82 Å². The molecule has 4 heteroatoms. The largest absolute Gasteiger partial charge is 0.388 e. The molecule has 1 unspecified atom stereocenters. The Balaban J connectivity index is 2.22. The minimum atomic E-state index is -0.718. The summed E-state index contributed by atoms with van der Waals surface area (Å²) in [6, 6.07) is 2.95. The van der Waals surface area contributed by atoms with Crippen molar-refractivity contribution in [3.63, 3.8) is 0 Å². The van der Waals surface area contributed by atoms with E-state index in [0.29, 0.717) is 25.3 Å². The van der Waals surface area contributed by atoms with Crippen LogP contribution in [0.25, 0.3) is 0 Å². The first-order chi connectivity index (χ1) is 6.58.